The van der Waals surface area contributed by atoms with Gasteiger partial charge in [0.15, 0.2) is 0 Å². The minimum atomic E-state index is 0.801. The zero-order chi connectivity index (χ0) is 59.0. The summed E-state index contributed by atoms with van der Waals surface area (Å²) in [6, 6.07) is 106. The summed E-state index contributed by atoms with van der Waals surface area (Å²) in [6.45, 7) is 8.86. The summed E-state index contributed by atoms with van der Waals surface area (Å²) in [5.74, 6) is 0. The lowest BCUT2D eigenvalue weighted by Crippen LogP contribution is -2.14. The Morgan fingerprint density at radius 2 is 0.614 bits per heavy atom. The summed E-state index contributed by atoms with van der Waals surface area (Å²) in [6.07, 6.45) is 0. The third kappa shape index (κ3) is 9.00. The Morgan fingerprint density at radius 3 is 1.00 bits per heavy atom. The Kier molecular flexibility index (Phi) is 12.7. The van der Waals surface area contributed by atoms with Gasteiger partial charge in [0.25, 0.3) is 0 Å². The van der Waals surface area contributed by atoms with Crippen LogP contribution >= 0.6 is 0 Å². The van der Waals surface area contributed by atoms with Gasteiger partial charge in [-0.15, -0.1) is 0 Å². The molecule has 0 aliphatic carbocycles. The second kappa shape index (κ2) is 21.4. The minimum Gasteiger partial charge on any atom is -0.455 e. The minimum absolute atomic E-state index is 0.801. The van der Waals surface area contributed by atoms with E-state index in [1.807, 2.05) is 0 Å². The number of aryl methyl sites for hydroxylation is 4. The monoisotopic (exact) mass is 1130 g/mol. The molecule has 0 saturated heterocycles. The fraction of sp³-hybridized carbons (Fsp3) is 0.0476. The lowest BCUT2D eigenvalue weighted by atomic mass is 9.95. The fourth-order valence-corrected chi connectivity index (χ4v) is 13.6. The van der Waals surface area contributed by atoms with Gasteiger partial charge >= 0.3 is 0 Å². The van der Waals surface area contributed by atoms with Crippen molar-refractivity contribution in [2.24, 2.45) is 0 Å². The highest BCUT2D eigenvalue weighted by Gasteiger charge is 2.26. The smallest absolute Gasteiger partial charge is 0.147 e. The van der Waals surface area contributed by atoms with Crippen molar-refractivity contribution in [3.05, 3.63) is 313 Å². The van der Waals surface area contributed by atoms with Gasteiger partial charge in [-0.1, -0.05) is 212 Å². The van der Waals surface area contributed by atoms with Gasteiger partial charge in [0.2, 0.25) is 0 Å². The number of hydrogen-bond acceptors (Lipinski definition) is 4. The van der Waals surface area contributed by atoms with Crippen LogP contribution in [0.5, 0.6) is 0 Å². The van der Waals surface area contributed by atoms with Gasteiger partial charge in [0, 0.05) is 44.0 Å². The van der Waals surface area contributed by atoms with Crippen LogP contribution in [-0.2, 0) is 0 Å². The van der Waals surface area contributed by atoms with Crippen LogP contribution in [-0.4, -0.2) is 0 Å². The molecule has 4 heteroatoms. The highest BCUT2D eigenvalue weighted by molar-refractivity contribution is 6.24. The molecule has 0 radical (unpaired) electrons. The fourth-order valence-electron chi connectivity index (χ4n) is 13.6. The Morgan fingerprint density at radius 1 is 0.250 bits per heavy atom. The summed E-state index contributed by atoms with van der Waals surface area (Å²) in [7, 11) is 0. The maximum atomic E-state index is 7.21. The molecule has 14 aromatic carbocycles. The van der Waals surface area contributed by atoms with E-state index in [9.17, 15) is 0 Å². The summed E-state index contributed by atoms with van der Waals surface area (Å²) >= 11 is 0. The maximum Gasteiger partial charge on any atom is 0.147 e. The van der Waals surface area contributed by atoms with E-state index in [2.05, 4.69) is 329 Å². The van der Waals surface area contributed by atoms with Crippen LogP contribution in [0.25, 0.3) is 121 Å². The van der Waals surface area contributed by atoms with Crippen molar-refractivity contribution < 1.29 is 8.83 Å². The first-order chi connectivity index (χ1) is 43.3. The zero-order valence-electron chi connectivity index (χ0n) is 49.4. The molecule has 0 aliphatic heterocycles. The van der Waals surface area contributed by atoms with Crippen molar-refractivity contribution in [2.45, 2.75) is 27.7 Å². The van der Waals surface area contributed by atoms with E-state index < -0.39 is 0 Å². The summed E-state index contributed by atoms with van der Waals surface area (Å²) in [4.78, 5) is 4.91. The molecule has 0 aliphatic rings. The van der Waals surface area contributed by atoms with Gasteiger partial charge < -0.3 is 18.6 Å². The average molecular weight is 1130 g/mol. The van der Waals surface area contributed by atoms with Gasteiger partial charge in [0.05, 0.1) is 28.3 Å². The normalized spacial score (nSPS) is 11.6. The number of benzene rings is 14. The highest BCUT2D eigenvalue weighted by Crippen LogP contribution is 2.50. The predicted octanol–water partition coefficient (Wildman–Crippen LogP) is 24.3. The molecule has 88 heavy (non-hydrogen) atoms. The van der Waals surface area contributed by atoms with E-state index in [0.29, 0.717) is 0 Å². The van der Waals surface area contributed by atoms with Gasteiger partial charge in [-0.3, -0.25) is 0 Å². The maximum absolute atomic E-state index is 7.21. The number of nitrogens with zero attached hydrogens (tertiary/aromatic N) is 2. The Bertz CT molecular complexity index is 5000. The van der Waals surface area contributed by atoms with Crippen LogP contribution in [0.2, 0.25) is 0 Å². The largest absolute Gasteiger partial charge is 0.455 e. The van der Waals surface area contributed by atoms with E-state index in [-0.39, 0.29) is 0 Å². The molecular formula is C84H60N2O2. The van der Waals surface area contributed by atoms with Crippen LogP contribution in [0.1, 0.15) is 22.3 Å². The number of hydrogen-bond donors (Lipinski definition) is 0. The number of anilines is 6. The van der Waals surface area contributed by atoms with Crippen molar-refractivity contribution in [2.75, 3.05) is 9.80 Å². The first-order valence-corrected chi connectivity index (χ1v) is 30.3. The van der Waals surface area contributed by atoms with Gasteiger partial charge in [-0.2, -0.15) is 0 Å². The second-order valence-electron chi connectivity index (χ2n) is 23.4. The number of para-hydroxylation sites is 2. The molecule has 0 atom stereocenters. The van der Waals surface area contributed by atoms with Gasteiger partial charge in [-0.05, 0) is 189 Å². The molecule has 0 N–H and O–H groups in total. The van der Waals surface area contributed by atoms with Crippen molar-refractivity contribution in [3.8, 4) is 55.6 Å². The molecular weight excluding hydrogens is 1070 g/mol. The van der Waals surface area contributed by atoms with E-state index >= 15 is 0 Å². The third-order valence-corrected chi connectivity index (χ3v) is 17.8. The van der Waals surface area contributed by atoms with Crippen LogP contribution in [0.4, 0.5) is 34.1 Å². The van der Waals surface area contributed by atoms with Gasteiger partial charge in [0.1, 0.15) is 22.3 Å². The predicted molar refractivity (Wildman–Crippen MR) is 372 cm³/mol. The molecule has 16 aromatic rings. The van der Waals surface area contributed by atoms with Crippen LogP contribution in [0.3, 0.4) is 0 Å². The Labute approximate surface area is 512 Å². The first-order valence-electron chi connectivity index (χ1n) is 30.3. The summed E-state index contributed by atoms with van der Waals surface area (Å²) in [5.41, 5.74) is 26.0. The molecule has 2 aromatic heterocycles. The second-order valence-corrected chi connectivity index (χ2v) is 23.4. The van der Waals surface area contributed by atoms with Crippen LogP contribution in [0.15, 0.2) is 300 Å². The zero-order valence-corrected chi connectivity index (χ0v) is 49.4. The first kappa shape index (κ1) is 52.4. The quantitative estimate of drug-likeness (QED) is 0.129. The Hall–Kier alpha value is -11.2. The molecule has 16 rings (SSSR count). The van der Waals surface area contributed by atoms with Crippen LogP contribution in [0, 0.1) is 27.7 Å². The average Bonchev–Trinajstić information content (AvgIpc) is 1.58. The van der Waals surface area contributed by atoms with E-state index in [0.717, 1.165) is 133 Å². The topological polar surface area (TPSA) is 32.8 Å². The van der Waals surface area contributed by atoms with Gasteiger partial charge in [-0.25, -0.2) is 0 Å². The number of rotatable bonds is 11. The number of furan rings is 2. The van der Waals surface area contributed by atoms with E-state index in [4.69, 9.17) is 8.83 Å². The lowest BCUT2D eigenvalue weighted by molar-refractivity contribution is 0.658. The van der Waals surface area contributed by atoms with Crippen molar-refractivity contribution >= 4 is 99.5 Å². The third-order valence-electron chi connectivity index (χ3n) is 17.8. The van der Waals surface area contributed by atoms with E-state index in [1.54, 1.807) is 0 Å². The molecule has 0 fully saturated rings. The van der Waals surface area contributed by atoms with Crippen LogP contribution < -0.4 is 9.80 Å². The molecule has 0 saturated carbocycles. The highest BCUT2D eigenvalue weighted by atomic mass is 16.3. The van der Waals surface area contributed by atoms with Crippen molar-refractivity contribution in [1.29, 1.82) is 0 Å². The Balaban J connectivity index is 0.854. The molecule has 0 unspecified atom stereocenters. The standard InChI is InChI=1S/C84H60N2O2/c1-53-22-20-23-54(2)81(53)85(76-42-38-62(57-26-10-5-11-27-57)46-70(76)59-30-14-7-15-31-59)68-40-36-64-48-72-74-52-75-73-49-65-37-41-69(45-67(65)51-79(73)88-84(75)80(61-34-18-9-19-35-61)83(74)87-78(72)50-66(64)44-68)86(82-55(3)24-21-25-56(82)4)77-43-39-63(58-28-12-6-13-29-58)47-71(77)60-32-16-8-17-33-60/h5-52H,1-4H3. The van der Waals surface area contributed by atoms with E-state index in [1.165, 1.54) is 44.5 Å². The lowest BCUT2D eigenvalue weighted by Gasteiger charge is -2.31. The number of fused-ring (bicyclic) bond motifs is 8. The van der Waals surface area contributed by atoms with Crippen molar-refractivity contribution in [3.63, 3.8) is 0 Å². The summed E-state index contributed by atoms with van der Waals surface area (Å²) < 4.78 is 14.4. The molecule has 0 amide bonds. The molecule has 0 bridgehead atoms. The molecule has 418 valence electrons. The molecule has 2 heterocycles. The SMILES string of the molecule is Cc1cccc(C)c1N(c1ccc2cc3c(cc2c1)oc1c(-c2ccccc2)c2oc4cc5cc(N(c6ccc(-c7ccccc7)cc6-c6ccccc6)c6c(C)cccc6C)ccc5cc4c2cc13)c1ccc(-c2ccccc2)cc1-c1ccccc1. The molecule has 4 nitrogen and oxygen atoms in total. The molecule has 0 spiro atoms. The van der Waals surface area contributed by atoms with Crippen molar-refractivity contribution in [1.82, 2.24) is 0 Å². The summed E-state index contributed by atoms with van der Waals surface area (Å²) in [5, 5.41) is 8.63.